The van der Waals surface area contributed by atoms with Crippen molar-refractivity contribution in [3.63, 3.8) is 0 Å². The molecular formula is C23H32ClF2N5O4. The van der Waals surface area contributed by atoms with E-state index in [4.69, 9.17) is 32.0 Å². The first kappa shape index (κ1) is 27.3. The van der Waals surface area contributed by atoms with Crippen LogP contribution in [0, 0.1) is 0 Å². The summed E-state index contributed by atoms with van der Waals surface area (Å²) in [5, 5.41) is 16.2. The summed E-state index contributed by atoms with van der Waals surface area (Å²) in [7, 11) is 0. The number of halogens is 3. The number of amidine groups is 2. The third-order valence-electron chi connectivity index (χ3n) is 6.13. The lowest BCUT2D eigenvalue weighted by Gasteiger charge is -2.47. The number of benzene rings is 1. The molecule has 0 radical (unpaired) electrons. The summed E-state index contributed by atoms with van der Waals surface area (Å²) in [5.41, 5.74) is 6.93. The molecule has 4 rings (SSSR count). The predicted octanol–water partition coefficient (Wildman–Crippen LogP) is 2.82. The minimum absolute atomic E-state index is 0.103. The number of hydrogen-bond donors (Lipinski definition) is 2. The number of carbonyl (C=O) groups is 1. The number of rotatable bonds is 6. The highest BCUT2D eigenvalue weighted by atomic mass is 35.5. The largest absolute Gasteiger partial charge is 0.481 e. The molecule has 0 saturated carbocycles. The number of morpholine rings is 1. The highest BCUT2D eigenvalue weighted by Crippen LogP contribution is 2.26. The summed E-state index contributed by atoms with van der Waals surface area (Å²) in [5.74, 6) is 0.647. The zero-order chi connectivity index (χ0) is 25.4. The number of carboxylic acid groups (broad SMARTS) is 1. The number of piperidine rings is 1. The SMILES string of the molecule is CC(=O)O.NC1=NN=C(N2CCC(N3C[C@H](COC(F)F)OC[C@@H]3Cc3ccc(Cl)cc3)CC2)C1. The monoisotopic (exact) mass is 515 g/mol. The van der Waals surface area contributed by atoms with E-state index in [0.717, 1.165) is 45.1 Å². The maximum absolute atomic E-state index is 12.5. The molecule has 0 unspecified atom stereocenters. The fraction of sp³-hybridized carbons (Fsp3) is 0.609. The summed E-state index contributed by atoms with van der Waals surface area (Å²) in [4.78, 5) is 13.7. The van der Waals surface area contributed by atoms with Gasteiger partial charge in [0, 0.05) is 43.7 Å². The van der Waals surface area contributed by atoms with E-state index in [1.807, 2.05) is 24.3 Å². The minimum atomic E-state index is -2.78. The van der Waals surface area contributed by atoms with Crippen molar-refractivity contribution in [2.75, 3.05) is 32.8 Å². The molecule has 0 spiro atoms. The van der Waals surface area contributed by atoms with Gasteiger partial charge in [-0.3, -0.25) is 9.69 Å². The number of aliphatic carboxylic acids is 1. The van der Waals surface area contributed by atoms with Gasteiger partial charge in [0.2, 0.25) is 0 Å². The van der Waals surface area contributed by atoms with Gasteiger partial charge in [-0.15, -0.1) is 10.2 Å². The van der Waals surface area contributed by atoms with Crippen LogP contribution in [0.5, 0.6) is 0 Å². The number of ether oxygens (including phenoxy) is 2. The molecule has 3 aliphatic heterocycles. The Labute approximate surface area is 208 Å². The Morgan fingerprint density at radius 3 is 2.51 bits per heavy atom. The van der Waals surface area contributed by atoms with E-state index in [0.29, 0.717) is 36.5 Å². The van der Waals surface area contributed by atoms with Crippen LogP contribution in [-0.4, -0.2) is 90.2 Å². The van der Waals surface area contributed by atoms with Crippen LogP contribution in [0.1, 0.15) is 31.7 Å². The number of nitrogens with zero attached hydrogens (tertiary/aromatic N) is 4. The van der Waals surface area contributed by atoms with Crippen molar-refractivity contribution in [1.29, 1.82) is 0 Å². The van der Waals surface area contributed by atoms with Crippen LogP contribution < -0.4 is 5.73 Å². The van der Waals surface area contributed by atoms with E-state index in [1.54, 1.807) is 0 Å². The third kappa shape index (κ3) is 8.68. The molecule has 2 saturated heterocycles. The van der Waals surface area contributed by atoms with E-state index < -0.39 is 12.6 Å². The Bertz CT molecular complexity index is 890. The van der Waals surface area contributed by atoms with E-state index >= 15 is 0 Å². The zero-order valence-corrected chi connectivity index (χ0v) is 20.4. The molecule has 9 nitrogen and oxygen atoms in total. The average molecular weight is 516 g/mol. The Balaban J connectivity index is 0.000000795. The third-order valence-corrected chi connectivity index (χ3v) is 6.38. The first-order chi connectivity index (χ1) is 16.7. The number of likely N-dealkylation sites (tertiary alicyclic amines) is 1. The van der Waals surface area contributed by atoms with Crippen LogP contribution in [0.25, 0.3) is 0 Å². The van der Waals surface area contributed by atoms with Crippen molar-refractivity contribution in [3.05, 3.63) is 34.9 Å². The van der Waals surface area contributed by atoms with Gasteiger partial charge in [-0.25, -0.2) is 0 Å². The van der Waals surface area contributed by atoms with Crippen LogP contribution in [0.15, 0.2) is 34.5 Å². The Morgan fingerprint density at radius 2 is 1.94 bits per heavy atom. The molecule has 3 heterocycles. The van der Waals surface area contributed by atoms with Crippen LogP contribution in [0.4, 0.5) is 8.78 Å². The summed E-state index contributed by atoms with van der Waals surface area (Å²) in [6.07, 6.45) is 2.98. The lowest BCUT2D eigenvalue weighted by Crippen LogP contribution is -2.58. The molecule has 3 N–H and O–H groups in total. The van der Waals surface area contributed by atoms with Crippen molar-refractivity contribution < 1.29 is 28.2 Å². The molecule has 2 fully saturated rings. The number of nitrogens with two attached hydrogens (primary N) is 1. The van der Waals surface area contributed by atoms with E-state index in [9.17, 15) is 8.78 Å². The number of alkyl halides is 2. The summed E-state index contributed by atoms with van der Waals surface area (Å²) >= 11 is 6.02. The van der Waals surface area contributed by atoms with Crippen LogP contribution in [0.2, 0.25) is 5.02 Å². The Hall–Kier alpha value is -2.34. The molecular weight excluding hydrogens is 484 g/mol. The van der Waals surface area contributed by atoms with Crippen LogP contribution in [-0.2, 0) is 20.7 Å². The quantitative estimate of drug-likeness (QED) is 0.599. The highest BCUT2D eigenvalue weighted by molar-refractivity contribution is 6.30. The molecule has 0 aliphatic carbocycles. The normalized spacial score (nSPS) is 23.5. The van der Waals surface area contributed by atoms with Crippen molar-refractivity contribution in [1.82, 2.24) is 9.80 Å². The maximum atomic E-state index is 12.5. The van der Waals surface area contributed by atoms with Gasteiger partial charge < -0.3 is 25.2 Å². The smallest absolute Gasteiger partial charge is 0.345 e. The average Bonchev–Trinajstić information content (AvgIpc) is 3.26. The molecule has 3 aliphatic rings. The molecule has 1 aromatic rings. The predicted molar refractivity (Wildman–Crippen MR) is 129 cm³/mol. The second kappa shape index (κ2) is 13.1. The highest BCUT2D eigenvalue weighted by Gasteiger charge is 2.36. The molecule has 194 valence electrons. The molecule has 1 aromatic carbocycles. The van der Waals surface area contributed by atoms with E-state index in [1.165, 1.54) is 5.56 Å². The zero-order valence-electron chi connectivity index (χ0n) is 19.7. The van der Waals surface area contributed by atoms with Gasteiger partial charge in [0.15, 0.2) is 0 Å². The lowest BCUT2D eigenvalue weighted by atomic mass is 9.96. The van der Waals surface area contributed by atoms with Gasteiger partial charge in [-0.05, 0) is 37.0 Å². The second-order valence-electron chi connectivity index (χ2n) is 8.75. The van der Waals surface area contributed by atoms with Crippen LogP contribution >= 0.6 is 11.6 Å². The Morgan fingerprint density at radius 1 is 1.29 bits per heavy atom. The topological polar surface area (TPSA) is 113 Å². The fourth-order valence-electron chi connectivity index (χ4n) is 4.56. The van der Waals surface area contributed by atoms with Gasteiger partial charge in [-0.2, -0.15) is 8.78 Å². The molecule has 2 atom stereocenters. The lowest BCUT2D eigenvalue weighted by molar-refractivity contribution is -0.175. The first-order valence-electron chi connectivity index (χ1n) is 11.6. The molecule has 0 amide bonds. The molecule has 12 heteroatoms. The van der Waals surface area contributed by atoms with Crippen molar-refractivity contribution in [2.24, 2.45) is 15.9 Å². The minimum Gasteiger partial charge on any atom is -0.481 e. The summed E-state index contributed by atoms with van der Waals surface area (Å²) in [6, 6.07) is 8.34. The van der Waals surface area contributed by atoms with Crippen molar-refractivity contribution in [3.8, 4) is 0 Å². The van der Waals surface area contributed by atoms with Gasteiger partial charge in [0.1, 0.15) is 11.7 Å². The van der Waals surface area contributed by atoms with Gasteiger partial charge in [0.25, 0.3) is 5.97 Å². The molecule has 0 bridgehead atoms. The van der Waals surface area contributed by atoms with Crippen molar-refractivity contribution >= 4 is 29.2 Å². The Kier molecular flexibility index (Phi) is 10.2. The van der Waals surface area contributed by atoms with Crippen LogP contribution in [0.3, 0.4) is 0 Å². The molecule has 35 heavy (non-hydrogen) atoms. The van der Waals surface area contributed by atoms with Gasteiger partial charge in [0.05, 0.1) is 25.7 Å². The van der Waals surface area contributed by atoms with E-state index in [2.05, 4.69) is 24.7 Å². The number of hydrogen-bond acceptors (Lipinski definition) is 8. The second-order valence-corrected chi connectivity index (χ2v) is 9.19. The maximum Gasteiger partial charge on any atom is 0.345 e. The number of carboxylic acids is 1. The fourth-order valence-corrected chi connectivity index (χ4v) is 4.69. The van der Waals surface area contributed by atoms with Gasteiger partial charge >= 0.3 is 6.61 Å². The molecule has 0 aromatic heterocycles. The van der Waals surface area contributed by atoms with Crippen molar-refractivity contribution in [2.45, 2.75) is 57.4 Å². The van der Waals surface area contributed by atoms with Gasteiger partial charge in [-0.1, -0.05) is 23.7 Å². The first-order valence-corrected chi connectivity index (χ1v) is 11.9. The standard InChI is InChI=1S/C21H28ClF2N5O2.C2H4O2/c22-15-3-1-14(2-4-15)9-17-12-30-18(13-31-21(23)24)11-29(17)16-5-7-28(8-6-16)20-10-19(25)26-27-20;1-2(3)4/h1-4,16-18,21H,5-13H2,(H2,25,26);1H3,(H,3,4)/t17-,18+;/m0./s1. The van der Waals surface area contributed by atoms with E-state index in [-0.39, 0.29) is 18.8 Å². The summed E-state index contributed by atoms with van der Waals surface area (Å²) in [6.45, 7) is 0.997. The summed E-state index contributed by atoms with van der Waals surface area (Å²) < 4.78 is 35.5.